The standard InChI is InChI=1S/C20H21N3O6S/c24-19(14-7-9-15(10-8-14)30(26,27)23-11-3-4-12-23)21-22-20(25)18-13-28-16-5-1-2-6-17(16)29-18/h1-2,5-10,18H,3-4,11-13H2,(H,21,24)(H,22,25). The second-order valence-corrected chi connectivity index (χ2v) is 8.88. The Bertz CT molecular complexity index is 1050. The lowest BCUT2D eigenvalue weighted by Crippen LogP contribution is -2.50. The first-order valence-corrected chi connectivity index (χ1v) is 11.0. The SMILES string of the molecule is O=C(NNC(=O)C1COc2ccccc2O1)c1ccc(S(=O)(=O)N2CCCC2)cc1. The minimum Gasteiger partial charge on any atom is -0.485 e. The highest BCUT2D eigenvalue weighted by molar-refractivity contribution is 7.89. The van der Waals surface area contributed by atoms with Crippen molar-refractivity contribution >= 4 is 21.8 Å². The summed E-state index contributed by atoms with van der Waals surface area (Å²) in [4.78, 5) is 24.7. The van der Waals surface area contributed by atoms with Gasteiger partial charge in [0.2, 0.25) is 16.1 Å². The van der Waals surface area contributed by atoms with Gasteiger partial charge in [-0.25, -0.2) is 8.42 Å². The Morgan fingerprint density at radius 3 is 2.30 bits per heavy atom. The van der Waals surface area contributed by atoms with Gasteiger partial charge in [0.05, 0.1) is 4.90 Å². The lowest BCUT2D eigenvalue weighted by molar-refractivity contribution is -0.131. The number of hydrogen-bond acceptors (Lipinski definition) is 6. The molecule has 0 radical (unpaired) electrons. The number of carbonyl (C=O) groups is 2. The van der Waals surface area contributed by atoms with Gasteiger partial charge in [-0.05, 0) is 49.2 Å². The van der Waals surface area contributed by atoms with Crippen molar-refractivity contribution < 1.29 is 27.5 Å². The number of hydrogen-bond donors (Lipinski definition) is 2. The summed E-state index contributed by atoms with van der Waals surface area (Å²) >= 11 is 0. The number of amides is 2. The molecule has 2 aliphatic heterocycles. The molecule has 0 aromatic heterocycles. The van der Waals surface area contributed by atoms with Crippen molar-refractivity contribution in [3.8, 4) is 11.5 Å². The van der Waals surface area contributed by atoms with Gasteiger partial charge in [-0.1, -0.05) is 12.1 Å². The topological polar surface area (TPSA) is 114 Å². The quantitative estimate of drug-likeness (QED) is 0.700. The molecule has 1 saturated heterocycles. The van der Waals surface area contributed by atoms with Crippen LogP contribution in [0.2, 0.25) is 0 Å². The van der Waals surface area contributed by atoms with E-state index in [1.165, 1.54) is 28.6 Å². The Kier molecular flexibility index (Phi) is 5.60. The Balaban J connectivity index is 1.33. The molecule has 2 N–H and O–H groups in total. The third-order valence-electron chi connectivity index (χ3n) is 4.92. The van der Waals surface area contributed by atoms with Gasteiger partial charge in [0.15, 0.2) is 11.5 Å². The molecule has 158 valence electrons. The summed E-state index contributed by atoms with van der Waals surface area (Å²) in [6.07, 6.45) is 0.787. The molecule has 0 bridgehead atoms. The molecule has 10 heteroatoms. The molecule has 4 rings (SSSR count). The summed E-state index contributed by atoms with van der Waals surface area (Å²) in [5.74, 6) is -0.142. The zero-order valence-electron chi connectivity index (χ0n) is 16.0. The zero-order chi connectivity index (χ0) is 21.1. The van der Waals surface area contributed by atoms with Gasteiger partial charge in [0.1, 0.15) is 6.61 Å². The van der Waals surface area contributed by atoms with Gasteiger partial charge in [0, 0.05) is 18.7 Å². The number of sulfonamides is 1. The molecule has 9 nitrogen and oxygen atoms in total. The number of nitrogens with zero attached hydrogens (tertiary/aromatic N) is 1. The Hall–Kier alpha value is -3.11. The highest BCUT2D eigenvalue weighted by Crippen LogP contribution is 2.30. The lowest BCUT2D eigenvalue weighted by Gasteiger charge is -2.25. The highest BCUT2D eigenvalue weighted by atomic mass is 32.2. The zero-order valence-corrected chi connectivity index (χ0v) is 16.9. The minimum absolute atomic E-state index is 0.0156. The van der Waals surface area contributed by atoms with Crippen molar-refractivity contribution in [2.75, 3.05) is 19.7 Å². The fraction of sp³-hybridized carbons (Fsp3) is 0.300. The number of benzene rings is 2. The maximum Gasteiger partial charge on any atom is 0.283 e. The number of hydrazine groups is 1. The molecule has 1 atom stereocenters. The summed E-state index contributed by atoms with van der Waals surface area (Å²) in [5, 5.41) is 0. The van der Waals surface area contributed by atoms with Gasteiger partial charge in [-0.2, -0.15) is 4.31 Å². The third kappa shape index (κ3) is 4.10. The predicted octanol–water partition coefficient (Wildman–Crippen LogP) is 1.07. The molecule has 2 heterocycles. The lowest BCUT2D eigenvalue weighted by atomic mass is 10.2. The molecule has 0 spiro atoms. The van der Waals surface area contributed by atoms with Crippen LogP contribution in [0.5, 0.6) is 11.5 Å². The normalized spacial score (nSPS) is 18.6. The van der Waals surface area contributed by atoms with Crippen LogP contribution in [0.3, 0.4) is 0 Å². The number of rotatable bonds is 4. The van der Waals surface area contributed by atoms with Crippen LogP contribution in [0.4, 0.5) is 0 Å². The number of carbonyl (C=O) groups excluding carboxylic acids is 2. The van der Waals surface area contributed by atoms with Gasteiger partial charge in [-0.3, -0.25) is 20.4 Å². The van der Waals surface area contributed by atoms with E-state index in [1.54, 1.807) is 24.3 Å². The molecule has 0 aliphatic carbocycles. The minimum atomic E-state index is -3.54. The first-order chi connectivity index (χ1) is 14.4. The van der Waals surface area contributed by atoms with Crippen LogP contribution >= 0.6 is 0 Å². The van der Waals surface area contributed by atoms with E-state index in [4.69, 9.17) is 9.47 Å². The largest absolute Gasteiger partial charge is 0.485 e. The van der Waals surface area contributed by atoms with E-state index in [9.17, 15) is 18.0 Å². The van der Waals surface area contributed by atoms with Crippen molar-refractivity contribution in [1.82, 2.24) is 15.2 Å². The highest BCUT2D eigenvalue weighted by Gasteiger charge is 2.28. The van der Waals surface area contributed by atoms with Gasteiger partial charge in [0.25, 0.3) is 11.8 Å². The van der Waals surface area contributed by atoms with Gasteiger partial charge >= 0.3 is 0 Å². The Labute approximate surface area is 174 Å². The van der Waals surface area contributed by atoms with E-state index in [0.29, 0.717) is 24.6 Å². The molecule has 2 aromatic carbocycles. The van der Waals surface area contributed by atoms with Gasteiger partial charge in [-0.15, -0.1) is 0 Å². The molecule has 0 saturated carbocycles. The smallest absolute Gasteiger partial charge is 0.283 e. The van der Waals surface area contributed by atoms with Crippen molar-refractivity contribution in [2.45, 2.75) is 23.8 Å². The number of nitrogens with one attached hydrogen (secondary N) is 2. The summed E-state index contributed by atoms with van der Waals surface area (Å²) in [5.41, 5.74) is 4.81. The van der Waals surface area contributed by atoms with E-state index in [0.717, 1.165) is 12.8 Å². The predicted molar refractivity (Wildman–Crippen MR) is 106 cm³/mol. The summed E-state index contributed by atoms with van der Waals surface area (Å²) in [6, 6.07) is 12.6. The summed E-state index contributed by atoms with van der Waals surface area (Å²) in [7, 11) is -3.54. The van der Waals surface area contributed by atoms with Crippen LogP contribution in [0, 0.1) is 0 Å². The van der Waals surface area contributed by atoms with Crippen molar-refractivity contribution in [3.63, 3.8) is 0 Å². The number of fused-ring (bicyclic) bond motifs is 1. The molecular weight excluding hydrogens is 410 g/mol. The van der Waals surface area contributed by atoms with E-state index < -0.39 is 27.9 Å². The summed E-state index contributed by atoms with van der Waals surface area (Å²) < 4.78 is 37.6. The Morgan fingerprint density at radius 2 is 1.60 bits per heavy atom. The molecule has 30 heavy (non-hydrogen) atoms. The van der Waals surface area contributed by atoms with Crippen LogP contribution in [0.25, 0.3) is 0 Å². The fourth-order valence-electron chi connectivity index (χ4n) is 3.28. The van der Waals surface area contributed by atoms with E-state index >= 15 is 0 Å². The first-order valence-electron chi connectivity index (χ1n) is 9.54. The average Bonchev–Trinajstić information content (AvgIpc) is 3.33. The first kappa shape index (κ1) is 20.2. The maximum absolute atomic E-state index is 12.5. The number of para-hydroxylation sites is 2. The van der Waals surface area contributed by atoms with Crippen LogP contribution in [-0.2, 0) is 14.8 Å². The molecule has 1 fully saturated rings. The molecule has 2 aliphatic rings. The monoisotopic (exact) mass is 431 g/mol. The van der Waals surface area contributed by atoms with Crippen LogP contribution in [-0.4, -0.2) is 50.3 Å². The second-order valence-electron chi connectivity index (χ2n) is 6.94. The average molecular weight is 431 g/mol. The molecule has 1 unspecified atom stereocenters. The van der Waals surface area contributed by atoms with E-state index in [-0.39, 0.29) is 17.1 Å². The van der Waals surface area contributed by atoms with Crippen molar-refractivity contribution in [2.24, 2.45) is 0 Å². The van der Waals surface area contributed by atoms with Crippen LogP contribution < -0.4 is 20.3 Å². The maximum atomic E-state index is 12.5. The van der Waals surface area contributed by atoms with Crippen LogP contribution in [0.15, 0.2) is 53.4 Å². The third-order valence-corrected chi connectivity index (χ3v) is 6.83. The van der Waals surface area contributed by atoms with Crippen LogP contribution in [0.1, 0.15) is 23.2 Å². The second kappa shape index (κ2) is 8.33. The molecule has 2 amide bonds. The van der Waals surface area contributed by atoms with Crippen molar-refractivity contribution in [1.29, 1.82) is 0 Å². The van der Waals surface area contributed by atoms with Crippen molar-refractivity contribution in [3.05, 3.63) is 54.1 Å². The van der Waals surface area contributed by atoms with Gasteiger partial charge < -0.3 is 9.47 Å². The van der Waals surface area contributed by atoms with E-state index in [1.807, 2.05) is 0 Å². The molecule has 2 aromatic rings. The van der Waals surface area contributed by atoms with E-state index in [2.05, 4.69) is 10.9 Å². The Morgan fingerprint density at radius 1 is 0.933 bits per heavy atom. The number of ether oxygens (including phenoxy) is 2. The fourth-order valence-corrected chi connectivity index (χ4v) is 4.79. The molecular formula is C20H21N3O6S. The summed E-state index contributed by atoms with van der Waals surface area (Å²) in [6.45, 7) is 1.03.